The van der Waals surface area contributed by atoms with Crippen LogP contribution in [0.5, 0.6) is 0 Å². The summed E-state index contributed by atoms with van der Waals surface area (Å²) in [6.45, 7) is 0. The van der Waals surface area contributed by atoms with E-state index in [1.165, 1.54) is 6.07 Å². The molecule has 0 spiro atoms. The number of carboxylic acid groups (broad SMARTS) is 1. The minimum absolute atomic E-state index is 0.198. The van der Waals surface area contributed by atoms with Gasteiger partial charge in [-0.05, 0) is 29.3 Å². The molecule has 0 atom stereocenters. The molecule has 18 heavy (non-hydrogen) atoms. The molecule has 2 aromatic carbocycles. The molecule has 0 aromatic heterocycles. The lowest BCUT2D eigenvalue weighted by atomic mass is 9.98. The van der Waals surface area contributed by atoms with Gasteiger partial charge in [-0.2, -0.15) is 5.26 Å². The maximum absolute atomic E-state index is 11.1. The first-order valence-corrected chi connectivity index (χ1v) is 5.53. The first-order chi connectivity index (χ1) is 8.63. The maximum atomic E-state index is 11.1. The second-order valence-electron chi connectivity index (χ2n) is 3.66. The maximum Gasteiger partial charge on any atom is 0.336 e. The molecule has 0 aliphatic carbocycles. The summed E-state index contributed by atoms with van der Waals surface area (Å²) in [6, 6.07) is 13.5. The lowest BCUT2D eigenvalue weighted by Crippen LogP contribution is -1.99. The Balaban J connectivity index is 2.63. The van der Waals surface area contributed by atoms with Crippen molar-refractivity contribution in [2.24, 2.45) is 0 Å². The highest BCUT2D eigenvalue weighted by Crippen LogP contribution is 2.27. The van der Waals surface area contributed by atoms with E-state index < -0.39 is 5.97 Å². The second-order valence-corrected chi connectivity index (χ2v) is 4.06. The first-order valence-electron chi connectivity index (χ1n) is 5.16. The normalized spacial score (nSPS) is 9.78. The molecule has 0 aliphatic rings. The zero-order valence-electron chi connectivity index (χ0n) is 9.22. The third-order valence-electron chi connectivity index (χ3n) is 2.56. The molecule has 4 heteroatoms. The Morgan fingerprint density at radius 1 is 1.22 bits per heavy atom. The van der Waals surface area contributed by atoms with Gasteiger partial charge in [0.25, 0.3) is 0 Å². The fourth-order valence-corrected chi connectivity index (χ4v) is 1.86. The van der Waals surface area contributed by atoms with Gasteiger partial charge in [-0.15, -0.1) is 0 Å². The van der Waals surface area contributed by atoms with Crippen molar-refractivity contribution in [1.29, 1.82) is 5.26 Å². The van der Waals surface area contributed by atoms with E-state index in [0.29, 0.717) is 21.7 Å². The molecule has 0 unspecified atom stereocenters. The molecule has 2 rings (SSSR count). The van der Waals surface area contributed by atoms with Crippen LogP contribution in [0.25, 0.3) is 11.1 Å². The minimum atomic E-state index is -1.00. The highest BCUT2D eigenvalue weighted by atomic mass is 35.5. The van der Waals surface area contributed by atoms with Crippen LogP contribution in [0.3, 0.4) is 0 Å². The van der Waals surface area contributed by atoms with E-state index in [-0.39, 0.29) is 5.56 Å². The predicted molar refractivity (Wildman–Crippen MR) is 68.6 cm³/mol. The standard InChI is InChI=1S/C14H8ClNO2/c15-13-6-5-9(7-10(13)8-16)11-3-1-2-4-12(11)14(17)18/h1-7H,(H,17,18). The summed E-state index contributed by atoms with van der Waals surface area (Å²) in [5, 5.41) is 18.4. The van der Waals surface area contributed by atoms with Crippen molar-refractivity contribution < 1.29 is 9.90 Å². The van der Waals surface area contributed by atoms with Crippen molar-refractivity contribution >= 4 is 17.6 Å². The Morgan fingerprint density at radius 3 is 2.61 bits per heavy atom. The molecule has 88 valence electrons. The third kappa shape index (κ3) is 2.20. The number of carbonyl (C=O) groups is 1. The second kappa shape index (κ2) is 4.91. The predicted octanol–water partition coefficient (Wildman–Crippen LogP) is 3.58. The molecule has 0 heterocycles. The van der Waals surface area contributed by atoms with Crippen LogP contribution in [-0.2, 0) is 0 Å². The minimum Gasteiger partial charge on any atom is -0.478 e. The van der Waals surface area contributed by atoms with E-state index in [0.717, 1.165) is 0 Å². The molecule has 0 radical (unpaired) electrons. The molecule has 0 saturated heterocycles. The van der Waals surface area contributed by atoms with Crippen LogP contribution in [0.2, 0.25) is 5.02 Å². The van der Waals surface area contributed by atoms with Crippen molar-refractivity contribution in [3.8, 4) is 17.2 Å². The molecule has 3 nitrogen and oxygen atoms in total. The number of carboxylic acids is 1. The number of hydrogen-bond donors (Lipinski definition) is 1. The fourth-order valence-electron chi connectivity index (χ4n) is 1.70. The van der Waals surface area contributed by atoms with Gasteiger partial charge in [-0.3, -0.25) is 0 Å². The zero-order valence-corrected chi connectivity index (χ0v) is 9.98. The molecule has 2 aromatic rings. The van der Waals surface area contributed by atoms with Crippen molar-refractivity contribution in [3.05, 3.63) is 58.6 Å². The summed E-state index contributed by atoms with van der Waals surface area (Å²) in [4.78, 5) is 11.1. The van der Waals surface area contributed by atoms with Crippen LogP contribution in [0, 0.1) is 11.3 Å². The number of benzene rings is 2. The molecular formula is C14H8ClNO2. The molecule has 0 amide bonds. The van der Waals surface area contributed by atoms with E-state index in [4.69, 9.17) is 22.0 Å². The van der Waals surface area contributed by atoms with Gasteiger partial charge in [-0.1, -0.05) is 35.9 Å². The molecule has 1 N–H and O–H groups in total. The summed E-state index contributed by atoms with van der Waals surface area (Å²) in [5.74, 6) is -1.00. The fraction of sp³-hybridized carbons (Fsp3) is 0. The largest absolute Gasteiger partial charge is 0.478 e. The van der Waals surface area contributed by atoms with E-state index in [1.54, 1.807) is 36.4 Å². The number of aromatic carboxylic acids is 1. The Bertz CT molecular complexity index is 659. The summed E-state index contributed by atoms with van der Waals surface area (Å²) in [7, 11) is 0. The topological polar surface area (TPSA) is 61.1 Å². The van der Waals surface area contributed by atoms with Crippen molar-refractivity contribution in [1.82, 2.24) is 0 Å². The summed E-state index contributed by atoms with van der Waals surface area (Å²) in [6.07, 6.45) is 0. The Morgan fingerprint density at radius 2 is 1.94 bits per heavy atom. The smallest absolute Gasteiger partial charge is 0.336 e. The Hall–Kier alpha value is -2.31. The molecule has 0 aliphatic heterocycles. The average Bonchev–Trinajstić information content (AvgIpc) is 2.39. The van der Waals surface area contributed by atoms with Gasteiger partial charge in [0.15, 0.2) is 0 Å². The van der Waals surface area contributed by atoms with Crippen molar-refractivity contribution in [3.63, 3.8) is 0 Å². The summed E-state index contributed by atoms with van der Waals surface area (Å²) < 4.78 is 0. The monoisotopic (exact) mass is 257 g/mol. The molecule has 0 bridgehead atoms. The van der Waals surface area contributed by atoms with Crippen LogP contribution < -0.4 is 0 Å². The van der Waals surface area contributed by atoms with E-state index in [9.17, 15) is 4.79 Å². The van der Waals surface area contributed by atoms with Crippen LogP contribution in [0.1, 0.15) is 15.9 Å². The van der Waals surface area contributed by atoms with E-state index in [1.807, 2.05) is 6.07 Å². The van der Waals surface area contributed by atoms with Crippen molar-refractivity contribution in [2.75, 3.05) is 0 Å². The lowest BCUT2D eigenvalue weighted by molar-refractivity contribution is 0.0697. The van der Waals surface area contributed by atoms with Gasteiger partial charge in [0, 0.05) is 0 Å². The van der Waals surface area contributed by atoms with Crippen LogP contribution in [0.15, 0.2) is 42.5 Å². The summed E-state index contributed by atoms with van der Waals surface area (Å²) >= 11 is 5.85. The first kappa shape index (κ1) is 12.2. The van der Waals surface area contributed by atoms with Crippen molar-refractivity contribution in [2.45, 2.75) is 0 Å². The van der Waals surface area contributed by atoms with Gasteiger partial charge < -0.3 is 5.11 Å². The SMILES string of the molecule is N#Cc1cc(-c2ccccc2C(=O)O)ccc1Cl. The number of nitrogens with zero attached hydrogens (tertiary/aromatic N) is 1. The number of rotatable bonds is 2. The van der Waals surface area contributed by atoms with E-state index >= 15 is 0 Å². The quantitative estimate of drug-likeness (QED) is 0.894. The van der Waals surface area contributed by atoms with Gasteiger partial charge in [0.1, 0.15) is 6.07 Å². The number of hydrogen-bond acceptors (Lipinski definition) is 2. The number of halogens is 1. The summed E-state index contributed by atoms with van der Waals surface area (Å²) in [5.41, 5.74) is 1.75. The van der Waals surface area contributed by atoms with Gasteiger partial charge in [-0.25, -0.2) is 4.79 Å². The lowest BCUT2D eigenvalue weighted by Gasteiger charge is -2.07. The Labute approximate surface area is 109 Å². The van der Waals surface area contributed by atoms with Gasteiger partial charge in [0.05, 0.1) is 16.1 Å². The molecular weight excluding hydrogens is 250 g/mol. The van der Waals surface area contributed by atoms with E-state index in [2.05, 4.69) is 0 Å². The highest BCUT2D eigenvalue weighted by Gasteiger charge is 2.11. The van der Waals surface area contributed by atoms with Crippen LogP contribution in [-0.4, -0.2) is 11.1 Å². The zero-order chi connectivity index (χ0) is 13.1. The third-order valence-corrected chi connectivity index (χ3v) is 2.88. The Kier molecular flexibility index (Phi) is 3.31. The van der Waals surface area contributed by atoms with Gasteiger partial charge >= 0.3 is 5.97 Å². The number of nitriles is 1. The van der Waals surface area contributed by atoms with Gasteiger partial charge in [0.2, 0.25) is 0 Å². The molecule has 0 fully saturated rings. The highest BCUT2D eigenvalue weighted by molar-refractivity contribution is 6.31. The molecule has 0 saturated carbocycles. The van der Waals surface area contributed by atoms with Crippen LogP contribution >= 0.6 is 11.6 Å². The van der Waals surface area contributed by atoms with Crippen LogP contribution in [0.4, 0.5) is 0 Å². The average molecular weight is 258 g/mol.